The van der Waals surface area contributed by atoms with Gasteiger partial charge >= 0.3 is 0 Å². The van der Waals surface area contributed by atoms with Crippen molar-refractivity contribution in [3.05, 3.63) is 0 Å². The first kappa shape index (κ1) is 15.8. The predicted octanol–water partition coefficient (Wildman–Crippen LogP) is 1.99. The summed E-state index contributed by atoms with van der Waals surface area (Å²) in [4.78, 5) is 16.8. The van der Waals surface area contributed by atoms with Crippen molar-refractivity contribution in [3.8, 4) is 0 Å². The SMILES string of the molecule is CCCN1CCC(CC(C)CCN2CCOCC2)C1=O. The van der Waals surface area contributed by atoms with Gasteiger partial charge in [0.15, 0.2) is 0 Å². The molecule has 2 fully saturated rings. The molecule has 2 saturated heterocycles. The third-order valence-corrected chi connectivity index (χ3v) is 4.63. The van der Waals surface area contributed by atoms with Gasteiger partial charge in [0.1, 0.15) is 0 Å². The molecule has 0 N–H and O–H groups in total. The summed E-state index contributed by atoms with van der Waals surface area (Å²) in [5.41, 5.74) is 0. The van der Waals surface area contributed by atoms with Crippen LogP contribution < -0.4 is 0 Å². The van der Waals surface area contributed by atoms with E-state index in [1.165, 1.54) is 6.42 Å². The summed E-state index contributed by atoms with van der Waals surface area (Å²) in [6.07, 6.45) is 4.42. The predicted molar refractivity (Wildman–Crippen MR) is 80.6 cm³/mol. The van der Waals surface area contributed by atoms with Gasteiger partial charge in [0, 0.05) is 32.1 Å². The van der Waals surface area contributed by atoms with Gasteiger partial charge in [-0.2, -0.15) is 0 Å². The van der Waals surface area contributed by atoms with Crippen LogP contribution >= 0.6 is 0 Å². The maximum absolute atomic E-state index is 12.2. The van der Waals surface area contributed by atoms with E-state index in [1.807, 2.05) is 0 Å². The van der Waals surface area contributed by atoms with E-state index in [0.29, 0.717) is 17.7 Å². The monoisotopic (exact) mass is 282 g/mol. The molecule has 2 aliphatic rings. The molecule has 1 amide bonds. The van der Waals surface area contributed by atoms with E-state index in [0.717, 1.165) is 65.2 Å². The molecule has 0 aromatic heterocycles. The van der Waals surface area contributed by atoms with Crippen molar-refractivity contribution in [1.29, 1.82) is 0 Å². The molecule has 20 heavy (non-hydrogen) atoms. The van der Waals surface area contributed by atoms with Crippen LogP contribution in [0.15, 0.2) is 0 Å². The molecule has 116 valence electrons. The van der Waals surface area contributed by atoms with Crippen molar-refractivity contribution in [2.24, 2.45) is 11.8 Å². The topological polar surface area (TPSA) is 32.8 Å². The summed E-state index contributed by atoms with van der Waals surface area (Å²) in [5, 5.41) is 0. The Labute approximate surface area is 123 Å². The first-order chi connectivity index (χ1) is 9.70. The normalized spacial score (nSPS) is 26.2. The maximum Gasteiger partial charge on any atom is 0.225 e. The Balaban J connectivity index is 1.66. The Bertz CT molecular complexity index is 303. The average molecular weight is 282 g/mol. The summed E-state index contributed by atoms with van der Waals surface area (Å²) in [7, 11) is 0. The van der Waals surface area contributed by atoms with Gasteiger partial charge in [-0.1, -0.05) is 13.8 Å². The fraction of sp³-hybridized carbons (Fsp3) is 0.938. The molecule has 2 rings (SSSR count). The molecule has 2 atom stereocenters. The second kappa shape index (κ2) is 7.99. The Hall–Kier alpha value is -0.610. The van der Waals surface area contributed by atoms with Gasteiger partial charge in [0.05, 0.1) is 13.2 Å². The highest BCUT2D eigenvalue weighted by Gasteiger charge is 2.31. The molecule has 0 aromatic carbocycles. The van der Waals surface area contributed by atoms with Crippen LogP contribution in [0.25, 0.3) is 0 Å². The average Bonchev–Trinajstić information content (AvgIpc) is 2.80. The Kier molecular flexibility index (Phi) is 6.30. The summed E-state index contributed by atoms with van der Waals surface area (Å²) in [6.45, 7) is 11.4. The molecular formula is C16H30N2O2. The van der Waals surface area contributed by atoms with Gasteiger partial charge in [-0.05, 0) is 38.1 Å². The first-order valence-electron chi connectivity index (χ1n) is 8.29. The second-order valence-corrected chi connectivity index (χ2v) is 6.39. The lowest BCUT2D eigenvalue weighted by atomic mass is 9.92. The fourth-order valence-electron chi connectivity index (χ4n) is 3.35. The molecule has 0 spiro atoms. The summed E-state index contributed by atoms with van der Waals surface area (Å²) < 4.78 is 5.37. The van der Waals surface area contributed by atoms with E-state index >= 15 is 0 Å². The van der Waals surface area contributed by atoms with E-state index in [9.17, 15) is 4.79 Å². The Morgan fingerprint density at radius 1 is 1.25 bits per heavy atom. The third-order valence-electron chi connectivity index (χ3n) is 4.63. The summed E-state index contributed by atoms with van der Waals surface area (Å²) in [5.74, 6) is 1.35. The number of carbonyl (C=O) groups is 1. The van der Waals surface area contributed by atoms with E-state index in [-0.39, 0.29) is 0 Å². The highest BCUT2D eigenvalue weighted by atomic mass is 16.5. The van der Waals surface area contributed by atoms with Gasteiger partial charge in [0.2, 0.25) is 5.91 Å². The summed E-state index contributed by atoms with van der Waals surface area (Å²) >= 11 is 0. The molecule has 4 heteroatoms. The largest absolute Gasteiger partial charge is 0.379 e. The van der Waals surface area contributed by atoms with Crippen LogP contribution in [0.3, 0.4) is 0 Å². The van der Waals surface area contributed by atoms with Crippen LogP contribution in [-0.4, -0.2) is 61.6 Å². The smallest absolute Gasteiger partial charge is 0.225 e. The maximum atomic E-state index is 12.2. The Morgan fingerprint density at radius 2 is 2.00 bits per heavy atom. The number of nitrogens with zero attached hydrogens (tertiary/aromatic N) is 2. The number of amides is 1. The molecule has 0 aliphatic carbocycles. The number of ether oxygens (including phenoxy) is 1. The van der Waals surface area contributed by atoms with Crippen molar-refractivity contribution in [1.82, 2.24) is 9.80 Å². The lowest BCUT2D eigenvalue weighted by Gasteiger charge is -2.28. The molecule has 0 radical (unpaired) electrons. The molecule has 2 heterocycles. The van der Waals surface area contributed by atoms with Crippen molar-refractivity contribution in [2.75, 3.05) is 45.9 Å². The number of carbonyl (C=O) groups excluding carboxylic acids is 1. The van der Waals surface area contributed by atoms with Gasteiger partial charge in [-0.3, -0.25) is 9.69 Å². The van der Waals surface area contributed by atoms with Crippen LogP contribution in [-0.2, 0) is 9.53 Å². The molecular weight excluding hydrogens is 252 g/mol. The number of morpholine rings is 1. The van der Waals surface area contributed by atoms with Crippen LogP contribution in [0, 0.1) is 11.8 Å². The fourth-order valence-corrected chi connectivity index (χ4v) is 3.35. The van der Waals surface area contributed by atoms with Gasteiger partial charge < -0.3 is 9.64 Å². The quantitative estimate of drug-likeness (QED) is 0.716. The number of likely N-dealkylation sites (tertiary alicyclic amines) is 1. The van der Waals surface area contributed by atoms with Crippen molar-refractivity contribution >= 4 is 5.91 Å². The molecule has 2 unspecified atom stereocenters. The number of hydrogen-bond acceptors (Lipinski definition) is 3. The standard InChI is InChI=1S/C16H30N2O2/c1-3-6-18-8-5-15(16(18)19)13-14(2)4-7-17-9-11-20-12-10-17/h14-15H,3-13H2,1-2H3. The first-order valence-corrected chi connectivity index (χ1v) is 8.29. The van der Waals surface area contributed by atoms with Crippen LogP contribution in [0.5, 0.6) is 0 Å². The van der Waals surface area contributed by atoms with Crippen LogP contribution in [0.4, 0.5) is 0 Å². The van der Waals surface area contributed by atoms with E-state index in [1.54, 1.807) is 0 Å². The zero-order valence-corrected chi connectivity index (χ0v) is 13.1. The van der Waals surface area contributed by atoms with Crippen molar-refractivity contribution in [2.45, 2.75) is 39.5 Å². The molecule has 2 aliphatic heterocycles. The van der Waals surface area contributed by atoms with Crippen LogP contribution in [0.1, 0.15) is 39.5 Å². The van der Waals surface area contributed by atoms with E-state index < -0.39 is 0 Å². The minimum atomic E-state index is 0.293. The summed E-state index contributed by atoms with van der Waals surface area (Å²) in [6, 6.07) is 0. The minimum absolute atomic E-state index is 0.293. The molecule has 4 nitrogen and oxygen atoms in total. The minimum Gasteiger partial charge on any atom is -0.379 e. The highest BCUT2D eigenvalue weighted by molar-refractivity contribution is 5.80. The zero-order chi connectivity index (χ0) is 14.4. The lowest BCUT2D eigenvalue weighted by Crippen LogP contribution is -2.37. The second-order valence-electron chi connectivity index (χ2n) is 6.39. The third kappa shape index (κ3) is 4.45. The number of rotatable bonds is 7. The number of hydrogen-bond donors (Lipinski definition) is 0. The van der Waals surface area contributed by atoms with Crippen LogP contribution in [0.2, 0.25) is 0 Å². The van der Waals surface area contributed by atoms with E-state index in [2.05, 4.69) is 23.6 Å². The van der Waals surface area contributed by atoms with Crippen molar-refractivity contribution in [3.63, 3.8) is 0 Å². The van der Waals surface area contributed by atoms with Crippen molar-refractivity contribution < 1.29 is 9.53 Å². The highest BCUT2D eigenvalue weighted by Crippen LogP contribution is 2.26. The van der Waals surface area contributed by atoms with Gasteiger partial charge in [-0.25, -0.2) is 0 Å². The lowest BCUT2D eigenvalue weighted by molar-refractivity contribution is -0.131. The van der Waals surface area contributed by atoms with E-state index in [4.69, 9.17) is 4.74 Å². The van der Waals surface area contributed by atoms with Gasteiger partial charge in [0.25, 0.3) is 0 Å². The molecule has 0 bridgehead atoms. The molecule has 0 aromatic rings. The Morgan fingerprint density at radius 3 is 2.70 bits per heavy atom. The van der Waals surface area contributed by atoms with Gasteiger partial charge in [-0.15, -0.1) is 0 Å². The zero-order valence-electron chi connectivity index (χ0n) is 13.1. The molecule has 0 saturated carbocycles.